The van der Waals surface area contributed by atoms with Gasteiger partial charge in [0, 0.05) is 11.6 Å². The standard InChI is InChI=1S/C17H17N3O/c21-17(20-18-12-13-6-2-1-3-7-13)16-11-10-14-8-4-5-9-15(14)19-16/h1-2,4-5,8-13H,3,6-7H2,(H,20,21). The zero-order valence-corrected chi connectivity index (χ0v) is 11.7. The number of carbonyl (C=O) groups is 1. The van der Waals surface area contributed by atoms with Crippen LogP contribution in [0, 0.1) is 5.92 Å². The van der Waals surface area contributed by atoms with Crippen LogP contribution in [0.4, 0.5) is 0 Å². The molecule has 1 aliphatic rings. The summed E-state index contributed by atoms with van der Waals surface area (Å²) in [5.41, 5.74) is 3.75. The average Bonchev–Trinajstić information content (AvgIpc) is 2.55. The lowest BCUT2D eigenvalue weighted by atomic mass is 9.96. The summed E-state index contributed by atoms with van der Waals surface area (Å²) >= 11 is 0. The minimum Gasteiger partial charge on any atom is -0.266 e. The van der Waals surface area contributed by atoms with Gasteiger partial charge in [0.25, 0.3) is 5.91 Å². The molecule has 1 atom stereocenters. The van der Waals surface area contributed by atoms with Crippen molar-refractivity contribution >= 4 is 23.0 Å². The van der Waals surface area contributed by atoms with Crippen molar-refractivity contribution in [2.45, 2.75) is 19.3 Å². The van der Waals surface area contributed by atoms with Gasteiger partial charge in [-0.1, -0.05) is 36.4 Å². The predicted molar refractivity (Wildman–Crippen MR) is 84.2 cm³/mol. The van der Waals surface area contributed by atoms with E-state index in [0.717, 1.165) is 30.2 Å². The van der Waals surface area contributed by atoms with E-state index in [-0.39, 0.29) is 5.91 Å². The van der Waals surface area contributed by atoms with Crippen LogP contribution in [-0.2, 0) is 0 Å². The van der Waals surface area contributed by atoms with Gasteiger partial charge in [-0.15, -0.1) is 0 Å². The maximum absolute atomic E-state index is 12.0. The summed E-state index contributed by atoms with van der Waals surface area (Å²) in [6.45, 7) is 0. The monoisotopic (exact) mass is 279 g/mol. The van der Waals surface area contributed by atoms with E-state index in [2.05, 4.69) is 27.7 Å². The molecule has 21 heavy (non-hydrogen) atoms. The maximum Gasteiger partial charge on any atom is 0.289 e. The van der Waals surface area contributed by atoms with Crippen LogP contribution in [0.25, 0.3) is 10.9 Å². The minimum absolute atomic E-state index is 0.275. The maximum atomic E-state index is 12.0. The largest absolute Gasteiger partial charge is 0.289 e. The predicted octanol–water partition coefficient (Wildman–Crippen LogP) is 3.31. The summed E-state index contributed by atoms with van der Waals surface area (Å²) in [7, 11) is 0. The zero-order chi connectivity index (χ0) is 14.5. The van der Waals surface area contributed by atoms with Crippen LogP contribution in [0.5, 0.6) is 0 Å². The van der Waals surface area contributed by atoms with Gasteiger partial charge in [-0.25, -0.2) is 10.4 Å². The highest BCUT2D eigenvalue weighted by molar-refractivity contribution is 5.95. The Hall–Kier alpha value is -2.49. The summed E-state index contributed by atoms with van der Waals surface area (Å²) in [5.74, 6) is 0.142. The number of allylic oxidation sites excluding steroid dienone is 2. The molecule has 2 aromatic rings. The van der Waals surface area contributed by atoms with Crippen molar-refractivity contribution in [1.29, 1.82) is 0 Å². The lowest BCUT2D eigenvalue weighted by Gasteiger charge is -2.11. The first-order chi connectivity index (χ1) is 10.3. The Morgan fingerprint density at radius 2 is 2.14 bits per heavy atom. The van der Waals surface area contributed by atoms with E-state index in [0.29, 0.717) is 11.6 Å². The van der Waals surface area contributed by atoms with Crippen molar-refractivity contribution in [2.75, 3.05) is 0 Å². The highest BCUT2D eigenvalue weighted by Gasteiger charge is 2.09. The smallest absolute Gasteiger partial charge is 0.266 e. The van der Waals surface area contributed by atoms with Crippen LogP contribution < -0.4 is 5.43 Å². The van der Waals surface area contributed by atoms with Gasteiger partial charge in [0.1, 0.15) is 5.69 Å². The second kappa shape index (κ2) is 6.31. The summed E-state index contributed by atoms with van der Waals surface area (Å²) in [4.78, 5) is 16.4. The van der Waals surface area contributed by atoms with Crippen LogP contribution in [0.3, 0.4) is 0 Å². The normalized spacial score (nSPS) is 18.2. The first-order valence-electron chi connectivity index (χ1n) is 7.17. The van der Waals surface area contributed by atoms with Crippen molar-refractivity contribution in [2.24, 2.45) is 11.0 Å². The molecular weight excluding hydrogens is 262 g/mol. The zero-order valence-electron chi connectivity index (χ0n) is 11.7. The summed E-state index contributed by atoms with van der Waals surface area (Å²) < 4.78 is 0. The number of aromatic nitrogens is 1. The number of carbonyl (C=O) groups excluding carboxylic acids is 1. The Morgan fingerprint density at radius 1 is 1.24 bits per heavy atom. The number of pyridine rings is 1. The summed E-state index contributed by atoms with van der Waals surface area (Å²) in [6.07, 6.45) is 9.33. The van der Waals surface area contributed by atoms with Gasteiger partial charge in [0.15, 0.2) is 0 Å². The number of hydrogen-bond acceptors (Lipinski definition) is 3. The van der Waals surface area contributed by atoms with Gasteiger partial charge in [-0.3, -0.25) is 4.79 Å². The molecule has 4 nitrogen and oxygen atoms in total. The van der Waals surface area contributed by atoms with Gasteiger partial charge in [0.2, 0.25) is 0 Å². The van der Waals surface area contributed by atoms with Gasteiger partial charge >= 0.3 is 0 Å². The molecule has 0 saturated carbocycles. The Balaban J connectivity index is 1.66. The fourth-order valence-electron chi connectivity index (χ4n) is 2.40. The number of amides is 1. The van der Waals surface area contributed by atoms with Crippen LogP contribution in [0.1, 0.15) is 29.8 Å². The lowest BCUT2D eigenvalue weighted by Crippen LogP contribution is -2.20. The fraction of sp³-hybridized carbons (Fsp3) is 0.235. The molecule has 1 unspecified atom stereocenters. The quantitative estimate of drug-likeness (QED) is 0.532. The van der Waals surface area contributed by atoms with Gasteiger partial charge < -0.3 is 0 Å². The van der Waals surface area contributed by atoms with Gasteiger partial charge in [0.05, 0.1) is 5.52 Å². The Labute approximate surface area is 123 Å². The molecule has 106 valence electrons. The number of hydrazone groups is 1. The topological polar surface area (TPSA) is 54.4 Å². The lowest BCUT2D eigenvalue weighted by molar-refractivity contribution is 0.0950. The Bertz CT molecular complexity index is 706. The van der Waals surface area contributed by atoms with Crippen LogP contribution in [-0.4, -0.2) is 17.1 Å². The molecule has 0 radical (unpaired) electrons. The molecule has 0 fully saturated rings. The van der Waals surface area contributed by atoms with E-state index < -0.39 is 0 Å². The molecule has 1 N–H and O–H groups in total. The second-order valence-electron chi connectivity index (χ2n) is 5.15. The second-order valence-corrected chi connectivity index (χ2v) is 5.15. The van der Waals surface area contributed by atoms with Gasteiger partial charge in [-0.2, -0.15) is 5.10 Å². The third-order valence-corrected chi connectivity index (χ3v) is 3.59. The third kappa shape index (κ3) is 3.34. The number of hydrogen-bond donors (Lipinski definition) is 1. The fourth-order valence-corrected chi connectivity index (χ4v) is 2.40. The summed E-state index contributed by atoms with van der Waals surface area (Å²) in [5, 5.41) is 5.07. The molecule has 4 heteroatoms. The van der Waals surface area contributed by atoms with Crippen molar-refractivity contribution in [3.8, 4) is 0 Å². The number of rotatable bonds is 3. The number of nitrogens with one attached hydrogen (secondary N) is 1. The van der Waals surface area contributed by atoms with Crippen molar-refractivity contribution in [3.05, 3.63) is 54.2 Å². The van der Waals surface area contributed by atoms with E-state index >= 15 is 0 Å². The molecule has 0 saturated heterocycles. The van der Waals surface area contributed by atoms with Crippen LogP contribution in [0.15, 0.2) is 53.7 Å². The number of benzene rings is 1. The van der Waals surface area contributed by atoms with Crippen LogP contribution in [0.2, 0.25) is 0 Å². The number of nitrogens with zero attached hydrogens (tertiary/aromatic N) is 2. The first-order valence-corrected chi connectivity index (χ1v) is 7.17. The molecule has 3 rings (SSSR count). The molecule has 1 aromatic carbocycles. The summed E-state index contributed by atoms with van der Waals surface area (Å²) in [6, 6.07) is 11.3. The van der Waals surface area contributed by atoms with E-state index in [1.54, 1.807) is 6.07 Å². The van der Waals surface area contributed by atoms with E-state index in [1.807, 2.05) is 36.5 Å². The van der Waals surface area contributed by atoms with E-state index in [9.17, 15) is 4.79 Å². The van der Waals surface area contributed by atoms with Crippen molar-refractivity contribution in [3.63, 3.8) is 0 Å². The minimum atomic E-state index is -0.275. The molecular formula is C17H17N3O. The molecule has 1 heterocycles. The highest BCUT2D eigenvalue weighted by Crippen LogP contribution is 2.15. The number of fused-ring (bicyclic) bond motifs is 1. The van der Waals surface area contributed by atoms with Gasteiger partial charge in [-0.05, 0) is 37.3 Å². The van der Waals surface area contributed by atoms with E-state index in [1.165, 1.54) is 0 Å². The molecule has 0 bridgehead atoms. The first kappa shape index (κ1) is 13.5. The molecule has 1 aromatic heterocycles. The number of para-hydroxylation sites is 1. The third-order valence-electron chi connectivity index (χ3n) is 3.59. The van der Waals surface area contributed by atoms with Crippen LogP contribution >= 0.6 is 0 Å². The van der Waals surface area contributed by atoms with Crippen molar-refractivity contribution < 1.29 is 4.79 Å². The Morgan fingerprint density at radius 3 is 3.00 bits per heavy atom. The highest BCUT2D eigenvalue weighted by atomic mass is 16.2. The van der Waals surface area contributed by atoms with Crippen molar-refractivity contribution in [1.82, 2.24) is 10.4 Å². The molecule has 0 spiro atoms. The molecule has 0 aliphatic heterocycles. The average molecular weight is 279 g/mol. The molecule has 1 amide bonds. The van der Waals surface area contributed by atoms with E-state index in [4.69, 9.17) is 0 Å². The Kier molecular flexibility index (Phi) is 4.05. The molecule has 1 aliphatic carbocycles. The SMILES string of the molecule is O=C(NN=CC1CC=CCC1)c1ccc2ccccc2n1.